The van der Waals surface area contributed by atoms with Crippen molar-refractivity contribution in [3.63, 3.8) is 0 Å². The molecule has 5 heteroatoms. The Morgan fingerprint density at radius 3 is 2.79 bits per heavy atom. The van der Waals surface area contributed by atoms with E-state index in [1.165, 1.54) is 0 Å². The number of imidazole rings is 1. The molecule has 0 spiro atoms. The van der Waals surface area contributed by atoms with Gasteiger partial charge >= 0.3 is 5.97 Å². The number of aromatic nitrogens is 2. The fourth-order valence-electron chi connectivity index (χ4n) is 1.79. The van der Waals surface area contributed by atoms with Gasteiger partial charge in [0.25, 0.3) is 0 Å². The molecular weight excluding hydrogens is 184 g/mol. The van der Waals surface area contributed by atoms with Crippen molar-refractivity contribution in [2.45, 2.75) is 18.4 Å². The van der Waals surface area contributed by atoms with Gasteiger partial charge in [0.15, 0.2) is 0 Å². The Balaban J connectivity index is 2.11. The molecule has 0 atom stereocenters. The van der Waals surface area contributed by atoms with Gasteiger partial charge < -0.3 is 14.8 Å². The largest absolute Gasteiger partial charge is 0.481 e. The van der Waals surface area contributed by atoms with Crippen LogP contribution in [0.5, 0.6) is 0 Å². The number of hydrogen-bond donors (Lipinski definition) is 2. The van der Waals surface area contributed by atoms with Gasteiger partial charge in [0.05, 0.1) is 17.9 Å². The Bertz CT molecular complexity index is 366. The van der Waals surface area contributed by atoms with Crippen molar-refractivity contribution in [1.82, 2.24) is 9.55 Å². The predicted molar refractivity (Wildman–Crippen MR) is 47.5 cm³/mol. The molecule has 0 bridgehead atoms. The van der Waals surface area contributed by atoms with E-state index in [0.29, 0.717) is 5.69 Å². The van der Waals surface area contributed by atoms with Gasteiger partial charge in [0.1, 0.15) is 5.60 Å². The molecule has 1 aliphatic rings. The number of nitrogens with zero attached hydrogens (tertiary/aromatic N) is 2. The van der Waals surface area contributed by atoms with Gasteiger partial charge in [-0.15, -0.1) is 0 Å². The van der Waals surface area contributed by atoms with Crippen molar-refractivity contribution < 1.29 is 15.0 Å². The third-order valence-electron chi connectivity index (χ3n) is 2.70. The summed E-state index contributed by atoms with van der Waals surface area (Å²) in [6, 6.07) is 0. The molecule has 0 saturated heterocycles. The predicted octanol–water partition coefficient (Wildman–Crippen LogP) is 0.102. The molecule has 2 N–H and O–H groups in total. The van der Waals surface area contributed by atoms with Gasteiger partial charge in [-0.2, -0.15) is 0 Å². The quantitative estimate of drug-likeness (QED) is 0.703. The molecule has 0 amide bonds. The first-order valence-electron chi connectivity index (χ1n) is 4.45. The van der Waals surface area contributed by atoms with Crippen molar-refractivity contribution in [1.29, 1.82) is 0 Å². The van der Waals surface area contributed by atoms with Gasteiger partial charge in [0, 0.05) is 13.2 Å². The van der Waals surface area contributed by atoms with Gasteiger partial charge in [-0.05, 0) is 12.8 Å². The van der Waals surface area contributed by atoms with Crippen LogP contribution in [0.4, 0.5) is 0 Å². The lowest BCUT2D eigenvalue weighted by molar-refractivity contribution is -0.160. The second kappa shape index (κ2) is 2.81. The zero-order valence-electron chi connectivity index (χ0n) is 7.84. The summed E-state index contributed by atoms with van der Waals surface area (Å²) in [6.45, 7) is 0. The lowest BCUT2D eigenvalue weighted by atomic mass is 9.69. The van der Waals surface area contributed by atoms with E-state index in [9.17, 15) is 9.90 Å². The monoisotopic (exact) mass is 196 g/mol. The fourth-order valence-corrected chi connectivity index (χ4v) is 1.79. The molecule has 0 radical (unpaired) electrons. The van der Waals surface area contributed by atoms with Crippen molar-refractivity contribution in [2.24, 2.45) is 13.0 Å². The summed E-state index contributed by atoms with van der Waals surface area (Å²) in [6.07, 6.45) is 3.85. The van der Waals surface area contributed by atoms with E-state index in [4.69, 9.17) is 5.11 Å². The smallest absolute Gasteiger partial charge is 0.306 e. The molecular formula is C9H12N2O3. The second-order valence-corrected chi connectivity index (χ2v) is 3.90. The molecule has 1 aromatic rings. The molecule has 1 fully saturated rings. The van der Waals surface area contributed by atoms with Crippen LogP contribution in [0.3, 0.4) is 0 Å². The maximum absolute atomic E-state index is 10.6. The SMILES string of the molecule is Cn1cnc(C2(O)CC(C(=O)O)C2)c1. The summed E-state index contributed by atoms with van der Waals surface area (Å²) < 4.78 is 1.74. The van der Waals surface area contributed by atoms with Crippen LogP contribution in [0.2, 0.25) is 0 Å². The highest BCUT2D eigenvalue weighted by Crippen LogP contribution is 2.44. The number of aryl methyl sites for hydroxylation is 1. The first-order chi connectivity index (χ1) is 6.51. The highest BCUT2D eigenvalue weighted by molar-refractivity contribution is 5.71. The zero-order chi connectivity index (χ0) is 10.3. The number of aliphatic carboxylic acids is 1. The van der Waals surface area contributed by atoms with Gasteiger partial charge in [-0.25, -0.2) is 4.98 Å². The highest BCUT2D eigenvalue weighted by atomic mass is 16.4. The number of hydrogen-bond acceptors (Lipinski definition) is 3. The Kier molecular flexibility index (Phi) is 1.85. The van der Waals surface area contributed by atoms with E-state index in [1.807, 2.05) is 7.05 Å². The van der Waals surface area contributed by atoms with E-state index in [1.54, 1.807) is 17.1 Å². The fraction of sp³-hybridized carbons (Fsp3) is 0.556. The molecule has 1 aromatic heterocycles. The topological polar surface area (TPSA) is 75.3 Å². The lowest BCUT2D eigenvalue weighted by Gasteiger charge is -2.40. The third-order valence-corrected chi connectivity index (χ3v) is 2.70. The minimum Gasteiger partial charge on any atom is -0.481 e. The molecule has 1 aliphatic carbocycles. The van der Waals surface area contributed by atoms with Crippen LogP contribution in [0.1, 0.15) is 18.5 Å². The first-order valence-corrected chi connectivity index (χ1v) is 4.45. The molecule has 14 heavy (non-hydrogen) atoms. The molecule has 2 rings (SSSR count). The molecule has 76 valence electrons. The number of aliphatic hydroxyl groups is 1. The minimum atomic E-state index is -1.02. The van der Waals surface area contributed by atoms with Crippen LogP contribution in [0.15, 0.2) is 12.5 Å². The maximum atomic E-state index is 10.6. The number of carboxylic acids is 1. The Labute approximate surface area is 81.0 Å². The van der Waals surface area contributed by atoms with Crippen LogP contribution in [-0.2, 0) is 17.4 Å². The molecule has 0 aromatic carbocycles. The summed E-state index contributed by atoms with van der Waals surface area (Å²) in [7, 11) is 1.81. The Morgan fingerprint density at radius 1 is 1.71 bits per heavy atom. The molecule has 0 aliphatic heterocycles. The first kappa shape index (κ1) is 9.21. The van der Waals surface area contributed by atoms with E-state index in [-0.39, 0.29) is 12.8 Å². The summed E-state index contributed by atoms with van der Waals surface area (Å²) in [5.41, 5.74) is -0.456. The van der Waals surface area contributed by atoms with Crippen molar-refractivity contribution >= 4 is 5.97 Å². The number of carboxylic acid groups (broad SMARTS) is 1. The van der Waals surface area contributed by atoms with E-state index < -0.39 is 17.5 Å². The van der Waals surface area contributed by atoms with Crippen LogP contribution in [0.25, 0.3) is 0 Å². The van der Waals surface area contributed by atoms with Crippen LogP contribution in [-0.4, -0.2) is 25.7 Å². The van der Waals surface area contributed by atoms with Crippen molar-refractivity contribution in [3.05, 3.63) is 18.2 Å². The average Bonchev–Trinajstić information content (AvgIpc) is 2.45. The van der Waals surface area contributed by atoms with Crippen LogP contribution in [0, 0.1) is 5.92 Å². The van der Waals surface area contributed by atoms with Gasteiger partial charge in [-0.1, -0.05) is 0 Å². The van der Waals surface area contributed by atoms with E-state index >= 15 is 0 Å². The summed E-state index contributed by atoms with van der Waals surface area (Å²) in [5.74, 6) is -1.27. The normalized spacial score (nSPS) is 31.1. The maximum Gasteiger partial charge on any atom is 0.306 e. The summed E-state index contributed by atoms with van der Waals surface area (Å²) in [5, 5.41) is 18.7. The van der Waals surface area contributed by atoms with Crippen molar-refractivity contribution in [2.75, 3.05) is 0 Å². The average molecular weight is 196 g/mol. The Hall–Kier alpha value is -1.36. The Morgan fingerprint density at radius 2 is 2.36 bits per heavy atom. The van der Waals surface area contributed by atoms with Crippen molar-refractivity contribution in [3.8, 4) is 0 Å². The molecule has 1 saturated carbocycles. The van der Waals surface area contributed by atoms with E-state index in [0.717, 1.165) is 0 Å². The van der Waals surface area contributed by atoms with Gasteiger partial charge in [0.2, 0.25) is 0 Å². The number of carbonyl (C=O) groups is 1. The minimum absolute atomic E-state index is 0.263. The molecule has 0 unspecified atom stereocenters. The van der Waals surface area contributed by atoms with E-state index in [2.05, 4.69) is 4.98 Å². The number of rotatable bonds is 2. The summed E-state index contributed by atoms with van der Waals surface area (Å²) >= 11 is 0. The molecule has 1 heterocycles. The highest BCUT2D eigenvalue weighted by Gasteiger charge is 2.48. The van der Waals surface area contributed by atoms with Crippen LogP contribution < -0.4 is 0 Å². The third kappa shape index (κ3) is 1.29. The van der Waals surface area contributed by atoms with Gasteiger partial charge in [-0.3, -0.25) is 4.79 Å². The van der Waals surface area contributed by atoms with Crippen LogP contribution >= 0.6 is 0 Å². The summed E-state index contributed by atoms with van der Waals surface area (Å²) in [4.78, 5) is 14.6. The lowest BCUT2D eigenvalue weighted by Crippen LogP contribution is -2.44. The second-order valence-electron chi connectivity index (χ2n) is 3.90. The molecule has 5 nitrogen and oxygen atoms in total. The zero-order valence-corrected chi connectivity index (χ0v) is 7.84. The standard InChI is InChI=1S/C9H12N2O3/c1-11-4-7(10-5-11)9(14)2-6(3-9)8(12)13/h4-6,14H,2-3H2,1H3,(H,12,13).